The number of nitrogens with one attached hydrogen (secondary N) is 1. The summed E-state index contributed by atoms with van der Waals surface area (Å²) in [6.07, 6.45) is 2.29. The van der Waals surface area contributed by atoms with Crippen LogP contribution < -0.4 is 10.1 Å². The lowest BCUT2D eigenvalue weighted by Crippen LogP contribution is -2.13. The minimum absolute atomic E-state index is 0. The highest BCUT2D eigenvalue weighted by atomic mass is 35.5. The minimum atomic E-state index is 0. The Kier molecular flexibility index (Phi) is 9.19. The van der Waals surface area contributed by atoms with Gasteiger partial charge in [0.05, 0.1) is 5.69 Å². The zero-order valence-electron chi connectivity index (χ0n) is 14.6. The first kappa shape index (κ1) is 20.8. The van der Waals surface area contributed by atoms with Crippen molar-refractivity contribution >= 4 is 24.0 Å². The van der Waals surface area contributed by atoms with E-state index in [2.05, 4.69) is 24.3 Å². The maximum Gasteiger partial charge on any atom is 0.212 e. The summed E-state index contributed by atoms with van der Waals surface area (Å²) in [7, 11) is 1.92. The van der Waals surface area contributed by atoms with E-state index >= 15 is 0 Å². The lowest BCUT2D eigenvalue weighted by molar-refractivity contribution is 0.258. The predicted octanol–water partition coefficient (Wildman–Crippen LogP) is 4.69. The second-order valence-corrected chi connectivity index (χ2v) is 6.22. The lowest BCUT2D eigenvalue weighted by Gasteiger charge is -2.15. The van der Waals surface area contributed by atoms with E-state index in [0.29, 0.717) is 12.5 Å². The Hall–Kier alpha value is -1.23. The van der Waals surface area contributed by atoms with Crippen molar-refractivity contribution in [2.24, 2.45) is 5.92 Å². The average Bonchev–Trinajstić information content (AvgIpc) is 2.92. The maximum absolute atomic E-state index is 6.03. The molecule has 0 saturated carbocycles. The van der Waals surface area contributed by atoms with Crippen LogP contribution in [0.1, 0.15) is 37.9 Å². The Bertz CT molecular complexity index is 612. The summed E-state index contributed by atoms with van der Waals surface area (Å²) in [4.78, 5) is 0. The fourth-order valence-electron chi connectivity index (χ4n) is 2.54. The van der Waals surface area contributed by atoms with Crippen LogP contribution >= 0.6 is 24.0 Å². The van der Waals surface area contributed by atoms with Crippen LogP contribution in [0.3, 0.4) is 0 Å². The van der Waals surface area contributed by atoms with Crippen LogP contribution in [0.2, 0.25) is 5.02 Å². The Morgan fingerprint density at radius 3 is 2.62 bits per heavy atom. The summed E-state index contributed by atoms with van der Waals surface area (Å²) in [5.41, 5.74) is 2.06. The zero-order chi connectivity index (χ0) is 16.7. The van der Waals surface area contributed by atoms with E-state index in [4.69, 9.17) is 16.3 Å². The second kappa shape index (κ2) is 10.6. The number of nitrogens with zero attached hydrogens (tertiary/aromatic N) is 2. The molecule has 0 saturated heterocycles. The van der Waals surface area contributed by atoms with Gasteiger partial charge in [0.15, 0.2) is 0 Å². The molecule has 0 bridgehead atoms. The predicted molar refractivity (Wildman–Crippen MR) is 102 cm³/mol. The van der Waals surface area contributed by atoms with Crippen LogP contribution in [0.5, 0.6) is 5.88 Å². The smallest absolute Gasteiger partial charge is 0.212 e. The van der Waals surface area contributed by atoms with E-state index in [1.54, 1.807) is 0 Å². The van der Waals surface area contributed by atoms with Crippen molar-refractivity contribution in [1.29, 1.82) is 0 Å². The van der Waals surface area contributed by atoms with Crippen molar-refractivity contribution in [3.05, 3.63) is 46.6 Å². The first-order valence-corrected chi connectivity index (χ1v) is 8.62. The molecule has 1 aromatic heterocycles. The molecule has 4 nitrogen and oxygen atoms in total. The number of ether oxygens (including phenoxy) is 1. The molecular weight excluding hydrogens is 345 g/mol. The SMILES string of the molecule is CCC(CC)Cn1nc(CNC)cc1OCc1cccc(Cl)c1.Cl. The van der Waals surface area contributed by atoms with Gasteiger partial charge in [-0.1, -0.05) is 50.4 Å². The van der Waals surface area contributed by atoms with E-state index < -0.39 is 0 Å². The van der Waals surface area contributed by atoms with Gasteiger partial charge in [-0.15, -0.1) is 12.4 Å². The first-order chi connectivity index (χ1) is 11.2. The van der Waals surface area contributed by atoms with Crippen molar-refractivity contribution in [1.82, 2.24) is 15.1 Å². The van der Waals surface area contributed by atoms with E-state index in [-0.39, 0.29) is 12.4 Å². The zero-order valence-corrected chi connectivity index (χ0v) is 16.2. The average molecular weight is 372 g/mol. The normalized spacial score (nSPS) is 10.7. The minimum Gasteiger partial charge on any atom is -0.473 e. The van der Waals surface area contributed by atoms with Crippen LogP contribution in [0.25, 0.3) is 0 Å². The number of hydrogen-bond acceptors (Lipinski definition) is 3. The third-order valence-corrected chi connectivity index (χ3v) is 4.25. The van der Waals surface area contributed by atoms with Crippen LogP contribution in [-0.4, -0.2) is 16.8 Å². The molecule has 24 heavy (non-hydrogen) atoms. The van der Waals surface area contributed by atoms with Gasteiger partial charge in [0.1, 0.15) is 6.61 Å². The fourth-order valence-corrected chi connectivity index (χ4v) is 2.75. The summed E-state index contributed by atoms with van der Waals surface area (Å²) >= 11 is 6.03. The van der Waals surface area contributed by atoms with Gasteiger partial charge >= 0.3 is 0 Å². The van der Waals surface area contributed by atoms with Crippen LogP contribution in [0.4, 0.5) is 0 Å². The molecule has 0 fully saturated rings. The summed E-state index contributed by atoms with van der Waals surface area (Å²) < 4.78 is 8.00. The standard InChI is InChI=1S/C18H26ClN3O.ClH/c1-4-14(5-2)12-22-18(10-17(21-22)11-20-3)23-13-15-7-6-8-16(19)9-15;/h6-10,14,20H,4-5,11-13H2,1-3H3;1H. The topological polar surface area (TPSA) is 39.1 Å². The molecule has 0 aliphatic rings. The van der Waals surface area contributed by atoms with Crippen molar-refractivity contribution < 1.29 is 4.74 Å². The summed E-state index contributed by atoms with van der Waals surface area (Å²) in [6.45, 7) is 6.57. The van der Waals surface area contributed by atoms with Gasteiger partial charge in [-0.05, 0) is 30.7 Å². The molecule has 0 atom stereocenters. The summed E-state index contributed by atoms with van der Waals surface area (Å²) in [6, 6.07) is 9.77. The Balaban J connectivity index is 0.00000288. The van der Waals surface area contributed by atoms with Crippen LogP contribution in [0, 0.1) is 5.92 Å². The van der Waals surface area contributed by atoms with E-state index in [1.807, 2.05) is 42.1 Å². The molecule has 134 valence electrons. The highest BCUT2D eigenvalue weighted by molar-refractivity contribution is 6.30. The van der Waals surface area contributed by atoms with Crippen molar-refractivity contribution in [2.75, 3.05) is 7.05 Å². The Morgan fingerprint density at radius 2 is 2.00 bits per heavy atom. The molecule has 1 N–H and O–H groups in total. The monoisotopic (exact) mass is 371 g/mol. The molecule has 0 aliphatic carbocycles. The van der Waals surface area contributed by atoms with E-state index in [1.165, 1.54) is 0 Å². The molecular formula is C18H27Cl2N3O. The number of halogens is 2. The third-order valence-electron chi connectivity index (χ3n) is 4.01. The highest BCUT2D eigenvalue weighted by Gasteiger charge is 2.13. The van der Waals surface area contributed by atoms with E-state index in [0.717, 1.165) is 48.1 Å². The van der Waals surface area contributed by atoms with Gasteiger partial charge in [0.2, 0.25) is 5.88 Å². The van der Waals surface area contributed by atoms with Crippen molar-refractivity contribution in [3.63, 3.8) is 0 Å². The Labute approximate surface area is 155 Å². The molecule has 6 heteroatoms. The largest absolute Gasteiger partial charge is 0.473 e. The van der Waals surface area contributed by atoms with Gasteiger partial charge < -0.3 is 10.1 Å². The lowest BCUT2D eigenvalue weighted by atomic mass is 10.0. The van der Waals surface area contributed by atoms with Gasteiger partial charge in [0, 0.05) is 24.2 Å². The van der Waals surface area contributed by atoms with Gasteiger partial charge in [0.25, 0.3) is 0 Å². The van der Waals surface area contributed by atoms with Gasteiger partial charge in [-0.3, -0.25) is 0 Å². The number of benzene rings is 1. The molecule has 1 aromatic carbocycles. The third kappa shape index (κ3) is 6.00. The molecule has 0 spiro atoms. The maximum atomic E-state index is 6.03. The Morgan fingerprint density at radius 1 is 1.25 bits per heavy atom. The number of rotatable bonds is 9. The van der Waals surface area contributed by atoms with Crippen LogP contribution in [-0.2, 0) is 19.7 Å². The number of hydrogen-bond donors (Lipinski definition) is 1. The summed E-state index contributed by atoms with van der Waals surface area (Å²) in [5.74, 6) is 1.44. The highest BCUT2D eigenvalue weighted by Crippen LogP contribution is 2.20. The van der Waals surface area contributed by atoms with Gasteiger partial charge in [-0.25, -0.2) is 4.68 Å². The molecule has 0 unspecified atom stereocenters. The molecule has 0 radical (unpaired) electrons. The number of aromatic nitrogens is 2. The van der Waals surface area contributed by atoms with Crippen LogP contribution in [0.15, 0.2) is 30.3 Å². The van der Waals surface area contributed by atoms with Gasteiger partial charge in [-0.2, -0.15) is 5.10 Å². The quantitative estimate of drug-likeness (QED) is 0.694. The first-order valence-electron chi connectivity index (χ1n) is 8.24. The van der Waals surface area contributed by atoms with Crippen molar-refractivity contribution in [3.8, 4) is 5.88 Å². The van der Waals surface area contributed by atoms with Crippen molar-refractivity contribution in [2.45, 2.75) is 46.4 Å². The molecule has 0 aliphatic heterocycles. The summed E-state index contributed by atoms with van der Waals surface area (Å²) in [5, 5.41) is 8.54. The van der Waals surface area contributed by atoms with E-state index in [9.17, 15) is 0 Å². The molecule has 0 amide bonds. The molecule has 2 rings (SSSR count). The fraction of sp³-hybridized carbons (Fsp3) is 0.500. The molecule has 1 heterocycles. The second-order valence-electron chi connectivity index (χ2n) is 5.79. The molecule has 2 aromatic rings.